The predicted molar refractivity (Wildman–Crippen MR) is 47.1 cm³/mol. The number of nitrogens with one attached hydrogen (secondary N) is 1. The quantitative estimate of drug-likeness (QED) is 0.644. The van der Waals surface area contributed by atoms with Gasteiger partial charge in [-0.3, -0.25) is 0 Å². The van der Waals surface area contributed by atoms with Gasteiger partial charge < -0.3 is 5.32 Å². The van der Waals surface area contributed by atoms with Crippen LogP contribution in [0, 0.1) is 0 Å². The summed E-state index contributed by atoms with van der Waals surface area (Å²) in [6.45, 7) is 5.02. The van der Waals surface area contributed by atoms with E-state index >= 15 is 0 Å². The van der Waals surface area contributed by atoms with Gasteiger partial charge in [-0.15, -0.1) is 0 Å². The van der Waals surface area contributed by atoms with Gasteiger partial charge in [-0.1, -0.05) is 12.7 Å². The molecule has 0 atom stereocenters. The maximum Gasteiger partial charge on any atom is 0.154 e. The molecule has 0 spiro atoms. The maximum atomic E-state index is 12.6. The third-order valence-corrected chi connectivity index (χ3v) is 1.28. The highest BCUT2D eigenvalue weighted by Crippen LogP contribution is 2.10. The van der Waals surface area contributed by atoms with Crippen molar-refractivity contribution in [1.29, 1.82) is 0 Å². The fourth-order valence-electron chi connectivity index (χ4n) is 0.648. The normalized spacial score (nSPS) is 14.2. The van der Waals surface area contributed by atoms with Gasteiger partial charge in [0.1, 0.15) is 5.83 Å². The van der Waals surface area contributed by atoms with Crippen molar-refractivity contribution in [1.82, 2.24) is 5.32 Å². The molecule has 0 aromatic rings. The van der Waals surface area contributed by atoms with Crippen LogP contribution in [0.15, 0.2) is 36.0 Å². The van der Waals surface area contributed by atoms with E-state index in [2.05, 4.69) is 11.9 Å². The maximum absolute atomic E-state index is 12.6. The molecule has 0 aromatic heterocycles. The van der Waals surface area contributed by atoms with Gasteiger partial charge in [0, 0.05) is 6.54 Å². The highest BCUT2D eigenvalue weighted by Gasteiger charge is 1.97. The number of hydrogen-bond acceptors (Lipinski definition) is 1. The van der Waals surface area contributed by atoms with Crippen LogP contribution in [-0.4, -0.2) is 13.6 Å². The molecule has 0 saturated carbocycles. The van der Waals surface area contributed by atoms with Crippen molar-refractivity contribution in [3.05, 3.63) is 36.0 Å². The van der Waals surface area contributed by atoms with Gasteiger partial charge in [-0.25, -0.2) is 8.78 Å². The third kappa shape index (κ3) is 4.03. The van der Waals surface area contributed by atoms with Gasteiger partial charge in [0.15, 0.2) is 5.83 Å². The largest absolute Gasteiger partial charge is 0.316 e. The van der Waals surface area contributed by atoms with E-state index in [0.717, 1.165) is 13.0 Å². The molecule has 0 rings (SSSR count). The Hall–Kier alpha value is -0.960. The molecule has 0 amide bonds. The zero-order valence-electron chi connectivity index (χ0n) is 7.32. The summed E-state index contributed by atoms with van der Waals surface area (Å²) in [5, 5.41) is 2.81. The first-order valence-corrected chi connectivity index (χ1v) is 3.61. The Morgan fingerprint density at radius 1 is 1.50 bits per heavy atom. The first-order chi connectivity index (χ1) is 5.61. The number of hydrogen-bond donors (Lipinski definition) is 1. The molecule has 1 N–H and O–H groups in total. The lowest BCUT2D eigenvalue weighted by Crippen LogP contribution is -2.09. The first-order valence-electron chi connectivity index (χ1n) is 3.61. The highest BCUT2D eigenvalue weighted by molar-refractivity contribution is 5.27. The van der Waals surface area contributed by atoms with Crippen molar-refractivity contribution in [2.75, 3.05) is 13.6 Å². The Morgan fingerprint density at radius 3 is 2.42 bits per heavy atom. The number of allylic oxidation sites excluding steroid dienone is 3. The Kier molecular flexibility index (Phi) is 5.21. The zero-order chi connectivity index (χ0) is 9.56. The molecule has 12 heavy (non-hydrogen) atoms. The lowest BCUT2D eigenvalue weighted by atomic mass is 10.2. The van der Waals surface area contributed by atoms with Gasteiger partial charge >= 0.3 is 0 Å². The van der Waals surface area contributed by atoms with E-state index in [1.807, 2.05) is 0 Å². The summed E-state index contributed by atoms with van der Waals surface area (Å²) in [5.74, 6) is -1.66. The molecule has 1 nitrogen and oxygen atoms in total. The van der Waals surface area contributed by atoms with E-state index < -0.39 is 11.7 Å². The lowest BCUT2D eigenvalue weighted by molar-refractivity contribution is 0.554. The SMILES string of the molecule is C=C/C(=C\C(F)=C(/C)F)CNC. The molecule has 0 aliphatic rings. The topological polar surface area (TPSA) is 12.0 Å². The fourth-order valence-corrected chi connectivity index (χ4v) is 0.648. The summed E-state index contributed by atoms with van der Waals surface area (Å²) in [4.78, 5) is 0. The third-order valence-electron chi connectivity index (χ3n) is 1.28. The fraction of sp³-hybridized carbons (Fsp3) is 0.333. The summed E-state index contributed by atoms with van der Waals surface area (Å²) >= 11 is 0. The van der Waals surface area contributed by atoms with Crippen molar-refractivity contribution < 1.29 is 8.78 Å². The van der Waals surface area contributed by atoms with E-state index in [0.29, 0.717) is 12.1 Å². The lowest BCUT2D eigenvalue weighted by Gasteiger charge is -1.98. The molecule has 0 aliphatic heterocycles. The van der Waals surface area contributed by atoms with Crippen LogP contribution in [0.1, 0.15) is 6.92 Å². The molecular weight excluding hydrogens is 160 g/mol. The van der Waals surface area contributed by atoms with Crippen LogP contribution in [0.5, 0.6) is 0 Å². The molecule has 0 saturated heterocycles. The molecule has 0 unspecified atom stereocenters. The van der Waals surface area contributed by atoms with Gasteiger partial charge in [0.25, 0.3) is 0 Å². The minimum atomic E-state index is -0.847. The minimum Gasteiger partial charge on any atom is -0.316 e. The van der Waals surface area contributed by atoms with Crippen LogP contribution in [-0.2, 0) is 0 Å². The summed E-state index contributed by atoms with van der Waals surface area (Å²) in [5.41, 5.74) is 0.618. The van der Waals surface area contributed by atoms with Crippen LogP contribution in [0.25, 0.3) is 0 Å². The van der Waals surface area contributed by atoms with Gasteiger partial charge in [0.2, 0.25) is 0 Å². The predicted octanol–water partition coefficient (Wildman–Crippen LogP) is 2.49. The first kappa shape index (κ1) is 11.0. The smallest absolute Gasteiger partial charge is 0.154 e. The average molecular weight is 173 g/mol. The van der Waals surface area contributed by atoms with Crippen LogP contribution in [0.3, 0.4) is 0 Å². The van der Waals surface area contributed by atoms with Crippen molar-refractivity contribution in [2.24, 2.45) is 0 Å². The Bertz CT molecular complexity index is 213. The summed E-state index contributed by atoms with van der Waals surface area (Å²) < 4.78 is 24.9. The Morgan fingerprint density at radius 2 is 2.08 bits per heavy atom. The number of rotatable bonds is 4. The van der Waals surface area contributed by atoms with Crippen molar-refractivity contribution in [3.8, 4) is 0 Å². The van der Waals surface area contributed by atoms with Crippen molar-refractivity contribution in [2.45, 2.75) is 6.92 Å². The molecule has 68 valence electrons. The second-order valence-electron chi connectivity index (χ2n) is 2.34. The molecule has 3 heteroatoms. The molecule has 0 fully saturated rings. The second kappa shape index (κ2) is 5.66. The van der Waals surface area contributed by atoms with Crippen LogP contribution >= 0.6 is 0 Å². The van der Waals surface area contributed by atoms with Crippen LogP contribution < -0.4 is 5.32 Å². The molecule has 0 radical (unpaired) electrons. The Labute approximate surface area is 71.5 Å². The van der Waals surface area contributed by atoms with Crippen LogP contribution in [0.2, 0.25) is 0 Å². The van der Waals surface area contributed by atoms with E-state index in [4.69, 9.17) is 0 Å². The van der Waals surface area contributed by atoms with Gasteiger partial charge in [0.05, 0.1) is 0 Å². The number of likely N-dealkylation sites (N-methyl/N-ethyl adjacent to an activating group) is 1. The molecule has 0 heterocycles. The van der Waals surface area contributed by atoms with E-state index in [1.54, 1.807) is 7.05 Å². The molecule has 0 bridgehead atoms. The molecular formula is C9H13F2N. The summed E-state index contributed by atoms with van der Waals surface area (Å²) in [6.07, 6.45) is 2.61. The minimum absolute atomic E-state index is 0.476. The van der Waals surface area contributed by atoms with Gasteiger partial charge in [-0.05, 0) is 25.6 Å². The molecule has 0 aliphatic carbocycles. The molecule has 0 aromatic carbocycles. The number of halogens is 2. The van der Waals surface area contributed by atoms with E-state index in [-0.39, 0.29) is 0 Å². The van der Waals surface area contributed by atoms with Gasteiger partial charge in [-0.2, -0.15) is 0 Å². The van der Waals surface area contributed by atoms with E-state index in [1.165, 1.54) is 6.08 Å². The highest BCUT2D eigenvalue weighted by atomic mass is 19.2. The summed E-state index contributed by atoms with van der Waals surface area (Å²) in [7, 11) is 1.72. The second-order valence-corrected chi connectivity index (χ2v) is 2.34. The average Bonchev–Trinajstić information content (AvgIpc) is 2.03. The Balaban J connectivity index is 4.49. The van der Waals surface area contributed by atoms with Crippen molar-refractivity contribution in [3.63, 3.8) is 0 Å². The zero-order valence-corrected chi connectivity index (χ0v) is 7.32. The standard InChI is InChI=1S/C9H13F2N/c1-4-8(6-12-3)5-9(11)7(2)10/h4-5,12H,1,6H2,2-3H3/b8-5+,9-7-. The monoisotopic (exact) mass is 173 g/mol. The van der Waals surface area contributed by atoms with E-state index in [9.17, 15) is 8.78 Å². The van der Waals surface area contributed by atoms with Crippen molar-refractivity contribution >= 4 is 0 Å². The van der Waals surface area contributed by atoms with Crippen LogP contribution in [0.4, 0.5) is 8.78 Å². The summed E-state index contributed by atoms with van der Waals surface area (Å²) in [6, 6.07) is 0.